The molecular formula is C14H27FO2. The zero-order valence-electron chi connectivity index (χ0n) is 11.3. The van der Waals surface area contributed by atoms with Gasteiger partial charge in [0.2, 0.25) is 0 Å². The van der Waals surface area contributed by atoms with Crippen LogP contribution in [0.25, 0.3) is 0 Å². The Kier molecular flexibility index (Phi) is 7.78. The second kappa shape index (κ2) is 8.87. The molecule has 0 aromatic heterocycles. The smallest absolute Gasteiger partial charge is 0.129 e. The summed E-state index contributed by atoms with van der Waals surface area (Å²) in [6.07, 6.45) is 5.76. The lowest BCUT2D eigenvalue weighted by Crippen LogP contribution is -2.36. The number of alkyl halides is 1. The van der Waals surface area contributed by atoms with Crippen LogP contribution < -0.4 is 0 Å². The summed E-state index contributed by atoms with van der Waals surface area (Å²) in [5.74, 6) is 0. The molecule has 0 aliphatic heterocycles. The minimum absolute atomic E-state index is 0.112. The van der Waals surface area contributed by atoms with Crippen molar-refractivity contribution in [1.29, 1.82) is 0 Å². The maximum atomic E-state index is 13.8. The van der Waals surface area contributed by atoms with E-state index in [2.05, 4.69) is 13.8 Å². The summed E-state index contributed by atoms with van der Waals surface area (Å²) in [6, 6.07) is 0. The van der Waals surface area contributed by atoms with Crippen LogP contribution in [0.4, 0.5) is 4.39 Å². The second-order valence-electron chi connectivity index (χ2n) is 4.94. The molecule has 1 rings (SSSR count). The summed E-state index contributed by atoms with van der Waals surface area (Å²) in [6.45, 7) is 5.70. The van der Waals surface area contributed by atoms with Gasteiger partial charge in [-0.05, 0) is 25.7 Å². The highest BCUT2D eigenvalue weighted by Gasteiger charge is 2.31. The van der Waals surface area contributed by atoms with Crippen molar-refractivity contribution < 1.29 is 13.9 Å². The zero-order chi connectivity index (χ0) is 12.5. The Morgan fingerprint density at radius 2 is 1.82 bits per heavy atom. The van der Waals surface area contributed by atoms with E-state index in [0.717, 1.165) is 32.3 Å². The third-order valence-corrected chi connectivity index (χ3v) is 3.30. The largest absolute Gasteiger partial charge is 0.378 e. The first-order chi connectivity index (χ1) is 8.27. The van der Waals surface area contributed by atoms with Gasteiger partial charge in [0.1, 0.15) is 6.17 Å². The molecule has 17 heavy (non-hydrogen) atoms. The van der Waals surface area contributed by atoms with Crippen molar-refractivity contribution >= 4 is 0 Å². The van der Waals surface area contributed by atoms with E-state index in [9.17, 15) is 4.39 Å². The Bertz CT molecular complexity index is 187. The highest BCUT2D eigenvalue weighted by atomic mass is 19.1. The summed E-state index contributed by atoms with van der Waals surface area (Å²) in [5.41, 5.74) is 0. The maximum absolute atomic E-state index is 13.8. The molecule has 0 radical (unpaired) electrons. The Labute approximate surface area is 105 Å². The highest BCUT2D eigenvalue weighted by molar-refractivity contribution is 4.81. The van der Waals surface area contributed by atoms with Gasteiger partial charge in [-0.25, -0.2) is 4.39 Å². The molecule has 0 aromatic carbocycles. The highest BCUT2D eigenvalue weighted by Crippen LogP contribution is 2.26. The normalized spacial score (nSPS) is 29.5. The zero-order valence-corrected chi connectivity index (χ0v) is 11.3. The van der Waals surface area contributed by atoms with Crippen LogP contribution in [-0.2, 0) is 9.47 Å². The lowest BCUT2D eigenvalue weighted by molar-refractivity contribution is -0.0737. The van der Waals surface area contributed by atoms with Crippen molar-refractivity contribution in [1.82, 2.24) is 0 Å². The summed E-state index contributed by atoms with van der Waals surface area (Å²) < 4.78 is 25.0. The Morgan fingerprint density at radius 1 is 1.00 bits per heavy atom. The third-order valence-electron chi connectivity index (χ3n) is 3.30. The lowest BCUT2D eigenvalue weighted by Gasteiger charge is -2.31. The van der Waals surface area contributed by atoms with Crippen molar-refractivity contribution in [2.45, 2.75) is 77.2 Å². The van der Waals surface area contributed by atoms with Crippen LogP contribution in [0.5, 0.6) is 0 Å². The fourth-order valence-corrected chi connectivity index (χ4v) is 2.26. The van der Waals surface area contributed by atoms with Crippen LogP contribution in [0.1, 0.15) is 58.8 Å². The molecule has 3 heteroatoms. The van der Waals surface area contributed by atoms with Crippen LogP contribution in [0, 0.1) is 0 Å². The van der Waals surface area contributed by atoms with Crippen LogP contribution in [0.3, 0.4) is 0 Å². The van der Waals surface area contributed by atoms with Gasteiger partial charge in [-0.3, -0.25) is 0 Å². The molecule has 0 spiro atoms. The van der Waals surface area contributed by atoms with E-state index in [1.54, 1.807) is 0 Å². The van der Waals surface area contributed by atoms with Gasteiger partial charge in [0, 0.05) is 19.6 Å². The van der Waals surface area contributed by atoms with Crippen molar-refractivity contribution in [2.24, 2.45) is 0 Å². The van der Waals surface area contributed by atoms with Gasteiger partial charge in [-0.2, -0.15) is 0 Å². The van der Waals surface area contributed by atoms with Crippen LogP contribution in [0.15, 0.2) is 0 Å². The SMILES string of the molecule is CCCCCOC1CCC(OCCC)CC1F. The first-order valence-electron chi connectivity index (χ1n) is 7.15. The average Bonchev–Trinajstić information content (AvgIpc) is 2.34. The molecule has 0 saturated heterocycles. The summed E-state index contributed by atoms with van der Waals surface area (Å²) in [5, 5.41) is 0. The molecule has 0 aromatic rings. The van der Waals surface area contributed by atoms with E-state index >= 15 is 0 Å². The quantitative estimate of drug-likeness (QED) is 0.605. The molecule has 1 saturated carbocycles. The minimum atomic E-state index is -0.841. The first-order valence-corrected chi connectivity index (χ1v) is 7.15. The summed E-state index contributed by atoms with van der Waals surface area (Å²) >= 11 is 0. The first kappa shape index (κ1) is 14.9. The van der Waals surface area contributed by atoms with Gasteiger partial charge in [0.05, 0.1) is 12.2 Å². The van der Waals surface area contributed by atoms with Crippen molar-refractivity contribution in [2.75, 3.05) is 13.2 Å². The maximum Gasteiger partial charge on any atom is 0.129 e. The molecule has 0 amide bonds. The van der Waals surface area contributed by atoms with E-state index in [-0.39, 0.29) is 12.2 Å². The third kappa shape index (κ3) is 5.82. The molecule has 0 N–H and O–H groups in total. The molecule has 1 aliphatic rings. The van der Waals surface area contributed by atoms with Crippen LogP contribution in [-0.4, -0.2) is 31.6 Å². The molecule has 0 heterocycles. The van der Waals surface area contributed by atoms with Gasteiger partial charge in [0.25, 0.3) is 0 Å². The van der Waals surface area contributed by atoms with E-state index in [0.29, 0.717) is 13.0 Å². The van der Waals surface area contributed by atoms with Crippen molar-refractivity contribution in [3.8, 4) is 0 Å². The molecule has 102 valence electrons. The van der Waals surface area contributed by atoms with Gasteiger partial charge in [-0.15, -0.1) is 0 Å². The minimum Gasteiger partial charge on any atom is -0.378 e. The number of rotatable bonds is 8. The molecule has 3 atom stereocenters. The fraction of sp³-hybridized carbons (Fsp3) is 1.00. The van der Waals surface area contributed by atoms with Gasteiger partial charge < -0.3 is 9.47 Å². The number of halogens is 1. The number of unbranched alkanes of at least 4 members (excludes halogenated alkanes) is 2. The molecule has 1 fully saturated rings. The monoisotopic (exact) mass is 246 g/mol. The molecule has 3 unspecified atom stereocenters. The van der Waals surface area contributed by atoms with Crippen LogP contribution >= 0.6 is 0 Å². The van der Waals surface area contributed by atoms with E-state index in [1.807, 2.05) is 0 Å². The number of ether oxygens (including phenoxy) is 2. The predicted molar refractivity (Wildman–Crippen MR) is 68.0 cm³/mol. The Balaban J connectivity index is 2.14. The number of hydrogen-bond acceptors (Lipinski definition) is 2. The standard InChI is InChI=1S/C14H27FO2/c1-3-5-6-10-17-14-8-7-12(11-13(14)15)16-9-4-2/h12-14H,3-11H2,1-2H3. The van der Waals surface area contributed by atoms with E-state index in [4.69, 9.17) is 9.47 Å². The van der Waals surface area contributed by atoms with E-state index < -0.39 is 6.17 Å². The summed E-state index contributed by atoms with van der Waals surface area (Å²) in [7, 11) is 0. The van der Waals surface area contributed by atoms with Gasteiger partial charge in [0.15, 0.2) is 0 Å². The average molecular weight is 246 g/mol. The predicted octanol–water partition coefficient (Wildman–Crippen LogP) is 3.88. The second-order valence-corrected chi connectivity index (χ2v) is 4.94. The van der Waals surface area contributed by atoms with Crippen molar-refractivity contribution in [3.05, 3.63) is 0 Å². The fourth-order valence-electron chi connectivity index (χ4n) is 2.26. The molecule has 0 bridgehead atoms. The lowest BCUT2D eigenvalue weighted by atomic mass is 9.93. The molecular weight excluding hydrogens is 219 g/mol. The van der Waals surface area contributed by atoms with Gasteiger partial charge in [-0.1, -0.05) is 26.7 Å². The molecule has 1 aliphatic carbocycles. The summed E-state index contributed by atoms with van der Waals surface area (Å²) in [4.78, 5) is 0. The van der Waals surface area contributed by atoms with Gasteiger partial charge >= 0.3 is 0 Å². The van der Waals surface area contributed by atoms with Crippen molar-refractivity contribution in [3.63, 3.8) is 0 Å². The Morgan fingerprint density at radius 3 is 2.47 bits per heavy atom. The Hall–Kier alpha value is -0.150. The van der Waals surface area contributed by atoms with Crippen LogP contribution in [0.2, 0.25) is 0 Å². The topological polar surface area (TPSA) is 18.5 Å². The molecule has 2 nitrogen and oxygen atoms in total. The number of hydrogen-bond donors (Lipinski definition) is 0. The van der Waals surface area contributed by atoms with E-state index in [1.165, 1.54) is 12.8 Å².